The molecule has 0 radical (unpaired) electrons. The van der Waals surface area contributed by atoms with E-state index in [1.54, 1.807) is 55.7 Å². The van der Waals surface area contributed by atoms with Crippen molar-refractivity contribution >= 4 is 18.1 Å². The van der Waals surface area contributed by atoms with E-state index in [0.717, 1.165) is 7.35 Å². The third-order valence-corrected chi connectivity index (χ3v) is 40.2. The Balaban J connectivity index is 0.00000253. The molecule has 0 N–H and O–H groups in total. The number of halogens is 2. The van der Waals surface area contributed by atoms with Crippen molar-refractivity contribution in [1.29, 1.82) is 0 Å². The Hall–Kier alpha value is -0.413. The molecule has 0 saturated carbocycles. The van der Waals surface area contributed by atoms with Gasteiger partial charge in [0.15, 0.2) is 0 Å². The summed E-state index contributed by atoms with van der Waals surface area (Å²) in [6, 6.07) is 10.3. The second-order valence-corrected chi connectivity index (χ2v) is 41.1. The largest absolute Gasteiger partial charge is 1.00 e. The van der Waals surface area contributed by atoms with Crippen LogP contribution in [0.2, 0.25) is 13.1 Å². The van der Waals surface area contributed by atoms with Crippen LogP contribution in [0.1, 0.15) is 145 Å². The number of hydrogen-bond acceptors (Lipinski definition) is 0. The van der Waals surface area contributed by atoms with Gasteiger partial charge in [-0.25, -0.2) is 0 Å². The first-order valence-corrected chi connectivity index (χ1v) is 27.7. The molecule has 207 valence electrons. The first-order valence-electron chi connectivity index (χ1n) is 14.4. The molecule has 0 bridgehead atoms. The number of allylic oxidation sites excluding steroid dienone is 2. The molecule has 2 aromatic rings. The molecule has 2 atom stereocenters. The van der Waals surface area contributed by atoms with Gasteiger partial charge in [0.1, 0.15) is 0 Å². The molecule has 2 aromatic carbocycles. The van der Waals surface area contributed by atoms with Gasteiger partial charge in [0.05, 0.1) is 0 Å². The molecule has 0 heterocycles. The molecule has 2 aliphatic carbocycles. The fourth-order valence-corrected chi connectivity index (χ4v) is 39.5. The summed E-state index contributed by atoms with van der Waals surface area (Å²) >= 11 is -2.22. The van der Waals surface area contributed by atoms with E-state index < -0.39 is 26.6 Å². The van der Waals surface area contributed by atoms with Crippen LogP contribution >= 0.6 is 0 Å². The summed E-state index contributed by atoms with van der Waals surface area (Å²) in [7, 11) is 0. The minimum atomic E-state index is -2.22. The Labute approximate surface area is 255 Å². The molecule has 0 nitrogen and oxygen atoms in total. The molecule has 4 rings (SSSR count). The van der Waals surface area contributed by atoms with Crippen LogP contribution in [0.3, 0.4) is 0 Å². The van der Waals surface area contributed by atoms with E-state index in [0.29, 0.717) is 23.7 Å². The molecule has 38 heavy (non-hydrogen) atoms. The van der Waals surface area contributed by atoms with Gasteiger partial charge in [-0.3, -0.25) is 0 Å². The van der Waals surface area contributed by atoms with Gasteiger partial charge in [0.2, 0.25) is 0 Å². The van der Waals surface area contributed by atoms with Crippen LogP contribution < -0.4 is 24.8 Å². The summed E-state index contributed by atoms with van der Waals surface area (Å²) in [4.78, 5) is 0. The number of rotatable bonds is 7. The van der Waals surface area contributed by atoms with Crippen LogP contribution in [0.5, 0.6) is 0 Å². The molecular formula is C34H49Cl2HfSi. The van der Waals surface area contributed by atoms with Crippen LogP contribution in [-0.4, -0.2) is 5.98 Å². The van der Waals surface area contributed by atoms with Crippen molar-refractivity contribution in [3.63, 3.8) is 0 Å². The van der Waals surface area contributed by atoms with Gasteiger partial charge < -0.3 is 24.8 Å². The standard InChI is InChI=1S/2C16H21.C2H7Si.2ClH.Hf/c2*1-10(2)13-8-14-6-12(5)7-16(14)15(9-13)11(3)4;1-3-2;;;/h2*6-11H,1-5H3;3H,1-2H3;2*1H;/q;;;;;+2/p-2. The van der Waals surface area contributed by atoms with Gasteiger partial charge in [-0.05, 0) is 0 Å². The average Bonchev–Trinajstić information content (AvgIpc) is 3.28. The van der Waals surface area contributed by atoms with E-state index in [-0.39, 0.29) is 24.8 Å². The quantitative estimate of drug-likeness (QED) is 0.371. The van der Waals surface area contributed by atoms with E-state index in [9.17, 15) is 0 Å². The van der Waals surface area contributed by atoms with Crippen molar-refractivity contribution in [2.75, 3.05) is 0 Å². The summed E-state index contributed by atoms with van der Waals surface area (Å²) in [5.41, 5.74) is 16.2. The normalized spacial score (nSPS) is 18.0. The van der Waals surface area contributed by atoms with Crippen molar-refractivity contribution in [2.45, 2.75) is 113 Å². The number of fused-ring (bicyclic) bond motifs is 2. The fraction of sp³-hybridized carbons (Fsp3) is 0.529. The van der Waals surface area contributed by atoms with Gasteiger partial charge >= 0.3 is 232 Å². The Bertz CT molecular complexity index is 1130. The molecule has 0 saturated heterocycles. The van der Waals surface area contributed by atoms with Crippen LogP contribution in [0.25, 0.3) is 12.2 Å². The van der Waals surface area contributed by atoms with Crippen molar-refractivity contribution in [3.05, 3.63) is 79.9 Å². The second-order valence-electron chi connectivity index (χ2n) is 13.1. The van der Waals surface area contributed by atoms with E-state index in [1.807, 2.05) is 0 Å². The Morgan fingerprint density at radius 1 is 0.579 bits per heavy atom. The van der Waals surface area contributed by atoms with E-state index in [2.05, 4.69) is 119 Å². The molecule has 0 fully saturated rings. The van der Waals surface area contributed by atoms with Gasteiger partial charge in [-0.1, -0.05) is 0 Å². The fourth-order valence-electron chi connectivity index (χ4n) is 6.71. The summed E-state index contributed by atoms with van der Waals surface area (Å²) in [5, 5.41) is 0. The third-order valence-electron chi connectivity index (χ3n) is 8.72. The Morgan fingerprint density at radius 2 is 0.921 bits per heavy atom. The molecule has 0 aromatic heterocycles. The maximum atomic E-state index is 2.70. The molecular weight excluding hydrogens is 686 g/mol. The summed E-state index contributed by atoms with van der Waals surface area (Å²) in [5.74, 6) is 1.48. The number of hydrogen-bond donors (Lipinski definition) is 0. The molecule has 0 spiro atoms. The van der Waals surface area contributed by atoms with Crippen molar-refractivity contribution in [3.8, 4) is 0 Å². The summed E-state index contributed by atoms with van der Waals surface area (Å²) < 4.78 is 1.50. The van der Waals surface area contributed by atoms with Crippen molar-refractivity contribution in [2.24, 2.45) is 0 Å². The van der Waals surface area contributed by atoms with Gasteiger partial charge in [0.25, 0.3) is 0 Å². The predicted molar refractivity (Wildman–Crippen MR) is 161 cm³/mol. The average molecular weight is 735 g/mol. The van der Waals surface area contributed by atoms with E-state index >= 15 is 0 Å². The van der Waals surface area contributed by atoms with Crippen LogP contribution in [0, 0.1) is 0 Å². The molecule has 2 aliphatic rings. The topological polar surface area (TPSA) is 0 Å². The zero-order chi connectivity index (χ0) is 26.6. The van der Waals surface area contributed by atoms with Crippen LogP contribution in [0.4, 0.5) is 0 Å². The third kappa shape index (κ3) is 6.09. The summed E-state index contributed by atoms with van der Waals surface area (Å²) in [6.45, 7) is 29.4. The molecule has 2 unspecified atom stereocenters. The van der Waals surface area contributed by atoms with E-state index in [1.165, 1.54) is 0 Å². The summed E-state index contributed by atoms with van der Waals surface area (Å²) in [6.07, 6.45) is 5.22. The molecule has 0 aliphatic heterocycles. The minimum Gasteiger partial charge on any atom is -1.00 e. The molecule has 0 amide bonds. The maximum Gasteiger partial charge on any atom is -1.00 e. The van der Waals surface area contributed by atoms with Crippen molar-refractivity contribution in [1.82, 2.24) is 0 Å². The predicted octanol–water partition coefficient (Wildman–Crippen LogP) is 4.41. The second kappa shape index (κ2) is 13.0. The van der Waals surface area contributed by atoms with E-state index in [4.69, 9.17) is 0 Å². The van der Waals surface area contributed by atoms with Gasteiger partial charge in [-0.2, -0.15) is 0 Å². The van der Waals surface area contributed by atoms with Gasteiger partial charge in [-0.15, -0.1) is 0 Å². The van der Waals surface area contributed by atoms with Crippen LogP contribution in [0.15, 0.2) is 35.4 Å². The molecule has 4 heteroatoms. The monoisotopic (exact) mass is 735 g/mol. The Kier molecular flexibility index (Phi) is 11.6. The maximum absolute atomic E-state index is 2.70. The Morgan fingerprint density at radius 3 is 1.18 bits per heavy atom. The first-order chi connectivity index (χ1) is 16.8. The zero-order valence-corrected chi connectivity index (χ0v) is 32.0. The first kappa shape index (κ1) is 33.8. The number of benzene rings is 2. The smallest absolute Gasteiger partial charge is 1.00 e. The van der Waals surface area contributed by atoms with Gasteiger partial charge in [0, 0.05) is 0 Å². The zero-order valence-electron chi connectivity index (χ0n) is 25.8. The minimum absolute atomic E-state index is 0. The SMILES string of the molecule is CC1=Cc2c(C(C)C)cc(C(C)C)cc2[CH]1[Hf+2]([CH]1C(C)=Cc2c(C(C)C)cc(C(C)C)cc21)[SiH](C)C.[Cl-].[Cl-]. The van der Waals surface area contributed by atoms with Crippen molar-refractivity contribution < 1.29 is 45.4 Å². The van der Waals surface area contributed by atoms with Crippen LogP contribution in [-0.2, 0) is 20.6 Å².